The van der Waals surface area contributed by atoms with E-state index in [1.54, 1.807) is 13.2 Å². The molecule has 6 nitrogen and oxygen atoms in total. The third kappa shape index (κ3) is 3.49. The summed E-state index contributed by atoms with van der Waals surface area (Å²) in [6.07, 6.45) is 1.88. The third-order valence-corrected chi connectivity index (χ3v) is 4.74. The van der Waals surface area contributed by atoms with E-state index in [1.165, 1.54) is 0 Å². The number of aromatic amines is 1. The summed E-state index contributed by atoms with van der Waals surface area (Å²) < 4.78 is 5.36. The van der Waals surface area contributed by atoms with Crippen LogP contribution < -0.4 is 16.2 Å². The number of ether oxygens (including phenoxy) is 1. The van der Waals surface area contributed by atoms with Crippen LogP contribution >= 0.6 is 0 Å². The van der Waals surface area contributed by atoms with Crippen LogP contribution in [-0.2, 0) is 4.74 Å². The van der Waals surface area contributed by atoms with Gasteiger partial charge in [0.1, 0.15) is 5.56 Å². The number of rotatable bonds is 5. The fourth-order valence-electron chi connectivity index (χ4n) is 3.31. The second-order valence-corrected chi connectivity index (χ2v) is 6.47. The van der Waals surface area contributed by atoms with Gasteiger partial charge in [-0.25, -0.2) is 0 Å². The first-order valence-corrected chi connectivity index (χ1v) is 8.23. The predicted molar refractivity (Wildman–Crippen MR) is 93.3 cm³/mol. The highest BCUT2D eigenvalue weighted by molar-refractivity contribution is 5.97. The molecule has 1 aliphatic rings. The molecule has 1 saturated heterocycles. The maximum Gasteiger partial charge on any atom is 0.261 e. The topological polar surface area (TPSA) is 83.2 Å². The van der Waals surface area contributed by atoms with E-state index in [2.05, 4.69) is 15.6 Å². The van der Waals surface area contributed by atoms with Crippen molar-refractivity contribution in [1.29, 1.82) is 0 Å². The molecule has 6 heteroatoms. The Balaban J connectivity index is 1.77. The summed E-state index contributed by atoms with van der Waals surface area (Å²) in [4.78, 5) is 27.5. The van der Waals surface area contributed by atoms with Crippen LogP contribution in [-0.4, -0.2) is 44.2 Å². The van der Waals surface area contributed by atoms with Crippen molar-refractivity contribution in [3.8, 4) is 0 Å². The number of para-hydroxylation sites is 1. The molecule has 1 aromatic carbocycles. The molecule has 0 unspecified atom stereocenters. The summed E-state index contributed by atoms with van der Waals surface area (Å²) in [5.74, 6) is -0.337. The third-order valence-electron chi connectivity index (χ3n) is 4.74. The SMILES string of the molecule is COCC1(CNC(=O)c2cc3ccccc3[nH]c2=O)CCNCC1. The number of nitrogens with one attached hydrogen (secondary N) is 3. The summed E-state index contributed by atoms with van der Waals surface area (Å²) in [6.45, 7) is 2.93. The number of hydrogen-bond donors (Lipinski definition) is 3. The molecule has 128 valence electrons. The highest BCUT2D eigenvalue weighted by Gasteiger charge is 2.32. The molecule has 0 atom stereocenters. The van der Waals surface area contributed by atoms with Crippen LogP contribution in [0.3, 0.4) is 0 Å². The molecular weight excluding hydrogens is 306 g/mol. The maximum absolute atomic E-state index is 12.5. The van der Waals surface area contributed by atoms with Crippen LogP contribution in [0.5, 0.6) is 0 Å². The Hall–Kier alpha value is -2.18. The molecule has 1 aliphatic heterocycles. The number of amides is 1. The van der Waals surface area contributed by atoms with E-state index in [0.717, 1.165) is 36.8 Å². The normalized spacial score (nSPS) is 16.9. The van der Waals surface area contributed by atoms with Crippen molar-refractivity contribution in [3.05, 3.63) is 46.2 Å². The minimum absolute atomic E-state index is 0.0702. The molecule has 0 spiro atoms. The first kappa shape index (κ1) is 16.7. The van der Waals surface area contributed by atoms with Gasteiger partial charge in [0, 0.05) is 24.6 Å². The first-order valence-electron chi connectivity index (χ1n) is 8.23. The van der Waals surface area contributed by atoms with E-state index in [9.17, 15) is 9.59 Å². The highest BCUT2D eigenvalue weighted by Crippen LogP contribution is 2.28. The van der Waals surface area contributed by atoms with Gasteiger partial charge in [-0.3, -0.25) is 9.59 Å². The average molecular weight is 329 g/mol. The lowest BCUT2D eigenvalue weighted by Gasteiger charge is -2.37. The van der Waals surface area contributed by atoms with E-state index >= 15 is 0 Å². The number of hydrogen-bond acceptors (Lipinski definition) is 4. The van der Waals surface area contributed by atoms with Gasteiger partial charge in [-0.1, -0.05) is 18.2 Å². The number of piperidine rings is 1. The molecule has 2 aromatic rings. The Kier molecular flexibility index (Phi) is 4.97. The van der Waals surface area contributed by atoms with Gasteiger partial charge in [0.15, 0.2) is 0 Å². The summed E-state index contributed by atoms with van der Waals surface area (Å²) in [5, 5.41) is 7.10. The molecule has 1 amide bonds. The van der Waals surface area contributed by atoms with E-state index in [1.807, 2.05) is 24.3 Å². The summed E-state index contributed by atoms with van der Waals surface area (Å²) in [7, 11) is 1.68. The van der Waals surface area contributed by atoms with E-state index < -0.39 is 0 Å². The maximum atomic E-state index is 12.5. The minimum atomic E-state index is -0.364. The molecular formula is C18H23N3O3. The first-order chi connectivity index (χ1) is 11.6. The average Bonchev–Trinajstić information content (AvgIpc) is 2.60. The predicted octanol–water partition coefficient (Wildman–Crippen LogP) is 1.27. The quantitative estimate of drug-likeness (QED) is 0.771. The molecule has 0 bridgehead atoms. The van der Waals surface area contributed by atoms with Crippen LogP contribution in [0.2, 0.25) is 0 Å². The monoisotopic (exact) mass is 329 g/mol. The van der Waals surface area contributed by atoms with Gasteiger partial charge in [-0.15, -0.1) is 0 Å². The van der Waals surface area contributed by atoms with Crippen LogP contribution in [0.4, 0.5) is 0 Å². The van der Waals surface area contributed by atoms with Crippen molar-refractivity contribution in [3.63, 3.8) is 0 Å². The van der Waals surface area contributed by atoms with Gasteiger partial charge in [0.25, 0.3) is 11.5 Å². The molecule has 2 heterocycles. The molecule has 1 fully saturated rings. The smallest absolute Gasteiger partial charge is 0.261 e. The van der Waals surface area contributed by atoms with Crippen LogP contribution in [0.15, 0.2) is 35.1 Å². The second-order valence-electron chi connectivity index (χ2n) is 6.47. The number of aromatic nitrogens is 1. The minimum Gasteiger partial charge on any atom is -0.384 e. The number of methoxy groups -OCH3 is 1. The van der Waals surface area contributed by atoms with Crippen molar-refractivity contribution < 1.29 is 9.53 Å². The number of pyridine rings is 1. The summed E-state index contributed by atoms with van der Waals surface area (Å²) >= 11 is 0. The second kappa shape index (κ2) is 7.15. The molecule has 3 rings (SSSR count). The van der Waals surface area contributed by atoms with Crippen LogP contribution in [0.1, 0.15) is 23.2 Å². The molecule has 0 aliphatic carbocycles. The lowest BCUT2D eigenvalue weighted by molar-refractivity contribution is 0.0511. The zero-order valence-electron chi connectivity index (χ0n) is 13.9. The molecule has 24 heavy (non-hydrogen) atoms. The van der Waals surface area contributed by atoms with Crippen molar-refractivity contribution in [1.82, 2.24) is 15.6 Å². The number of carbonyl (C=O) groups excluding carboxylic acids is 1. The van der Waals surface area contributed by atoms with Crippen LogP contribution in [0.25, 0.3) is 10.9 Å². The Morgan fingerprint density at radius 2 is 2.04 bits per heavy atom. The molecule has 1 aromatic heterocycles. The Bertz CT molecular complexity index is 773. The molecule has 0 radical (unpaired) electrons. The zero-order valence-corrected chi connectivity index (χ0v) is 13.9. The highest BCUT2D eigenvalue weighted by atomic mass is 16.5. The van der Waals surface area contributed by atoms with E-state index in [-0.39, 0.29) is 22.4 Å². The fourth-order valence-corrected chi connectivity index (χ4v) is 3.31. The van der Waals surface area contributed by atoms with Gasteiger partial charge >= 0.3 is 0 Å². The molecule has 3 N–H and O–H groups in total. The van der Waals surface area contributed by atoms with Crippen molar-refractivity contribution in [2.45, 2.75) is 12.8 Å². The van der Waals surface area contributed by atoms with Gasteiger partial charge in [0.05, 0.1) is 6.61 Å². The Labute approximate surface area is 140 Å². The van der Waals surface area contributed by atoms with Crippen molar-refractivity contribution in [2.24, 2.45) is 5.41 Å². The van der Waals surface area contributed by atoms with E-state index in [0.29, 0.717) is 13.2 Å². The number of H-pyrrole nitrogens is 1. The van der Waals surface area contributed by atoms with E-state index in [4.69, 9.17) is 4.74 Å². The fraction of sp³-hybridized carbons (Fsp3) is 0.444. The largest absolute Gasteiger partial charge is 0.384 e. The number of fused-ring (bicyclic) bond motifs is 1. The van der Waals surface area contributed by atoms with Gasteiger partial charge < -0.3 is 20.4 Å². The van der Waals surface area contributed by atoms with Crippen molar-refractivity contribution in [2.75, 3.05) is 33.4 Å². The summed E-state index contributed by atoms with van der Waals surface area (Å²) in [5.41, 5.74) is 0.444. The number of carbonyl (C=O) groups is 1. The lowest BCUT2D eigenvalue weighted by Crippen LogP contribution is -2.47. The van der Waals surface area contributed by atoms with Gasteiger partial charge in [-0.05, 0) is 43.5 Å². The lowest BCUT2D eigenvalue weighted by atomic mass is 9.79. The number of benzene rings is 1. The van der Waals surface area contributed by atoms with Gasteiger partial charge in [-0.2, -0.15) is 0 Å². The Morgan fingerprint density at radius 1 is 1.29 bits per heavy atom. The van der Waals surface area contributed by atoms with Crippen molar-refractivity contribution >= 4 is 16.8 Å². The standard InChI is InChI=1S/C18H23N3O3/c1-24-12-18(6-8-19-9-7-18)11-20-16(22)14-10-13-4-2-3-5-15(13)21-17(14)23/h2-5,10,19H,6-9,11-12H2,1H3,(H,20,22)(H,21,23). The van der Waals surface area contributed by atoms with Gasteiger partial charge in [0.2, 0.25) is 0 Å². The Morgan fingerprint density at radius 3 is 2.79 bits per heavy atom. The van der Waals surface area contributed by atoms with Crippen LogP contribution in [0, 0.1) is 5.41 Å². The molecule has 0 saturated carbocycles. The zero-order chi connectivity index (χ0) is 17.0. The summed E-state index contributed by atoms with van der Waals surface area (Å²) in [6, 6.07) is 9.08.